The van der Waals surface area contributed by atoms with Gasteiger partial charge in [0.25, 0.3) is 5.91 Å². The summed E-state index contributed by atoms with van der Waals surface area (Å²) in [4.78, 5) is 12.7. The Bertz CT molecular complexity index is 835. The van der Waals surface area contributed by atoms with Crippen molar-refractivity contribution in [3.8, 4) is 5.75 Å². The Kier molecular flexibility index (Phi) is 5.52. The highest BCUT2D eigenvalue weighted by atomic mass is 19.3. The molecule has 0 spiro atoms. The number of ether oxygens (including phenoxy) is 1. The molecular weight excluding hydrogens is 368 g/mol. The van der Waals surface area contributed by atoms with E-state index in [4.69, 9.17) is 0 Å². The van der Waals surface area contributed by atoms with E-state index in [1.165, 1.54) is 6.07 Å². The largest absolute Gasteiger partial charge is 0.435 e. The van der Waals surface area contributed by atoms with E-state index in [9.17, 15) is 13.6 Å². The average Bonchev–Trinajstić information content (AvgIpc) is 3.19. The Balaban J connectivity index is 1.45. The number of benzene rings is 1. The molecule has 9 heteroatoms. The number of nitrogens with zero attached hydrogens (tertiary/aromatic N) is 3. The van der Waals surface area contributed by atoms with Gasteiger partial charge in [-0.05, 0) is 68.5 Å². The van der Waals surface area contributed by atoms with Gasteiger partial charge in [0.2, 0.25) is 0 Å². The molecule has 1 amide bonds. The van der Waals surface area contributed by atoms with E-state index in [-0.39, 0.29) is 23.7 Å². The number of fused-ring (bicyclic) bond motifs is 1. The number of aryl methyl sites for hydroxylation is 1. The van der Waals surface area contributed by atoms with E-state index < -0.39 is 6.61 Å². The second-order valence-electron chi connectivity index (χ2n) is 7.22. The zero-order chi connectivity index (χ0) is 19.5. The predicted octanol–water partition coefficient (Wildman–Crippen LogP) is 2.61. The molecule has 2 aliphatic rings. The van der Waals surface area contributed by atoms with Crippen LogP contribution in [0.5, 0.6) is 5.75 Å². The van der Waals surface area contributed by atoms with Crippen LogP contribution in [0.3, 0.4) is 0 Å². The molecule has 2 N–H and O–H groups in total. The smallest absolute Gasteiger partial charge is 0.387 e. The van der Waals surface area contributed by atoms with E-state index in [0.717, 1.165) is 56.3 Å². The summed E-state index contributed by atoms with van der Waals surface area (Å²) in [5.41, 5.74) is 2.16. The number of alkyl halides is 2. The van der Waals surface area contributed by atoms with Crippen molar-refractivity contribution in [2.24, 2.45) is 0 Å². The second-order valence-corrected chi connectivity index (χ2v) is 7.22. The summed E-state index contributed by atoms with van der Waals surface area (Å²) in [6.45, 7) is -0.982. The van der Waals surface area contributed by atoms with Crippen LogP contribution in [-0.4, -0.2) is 40.6 Å². The van der Waals surface area contributed by atoms with Gasteiger partial charge in [-0.2, -0.15) is 8.78 Å². The van der Waals surface area contributed by atoms with E-state index in [1.54, 1.807) is 23.0 Å². The first-order valence-electron chi connectivity index (χ1n) is 9.61. The van der Waals surface area contributed by atoms with E-state index in [2.05, 4.69) is 25.7 Å². The molecule has 0 saturated carbocycles. The molecule has 150 valence electrons. The van der Waals surface area contributed by atoms with E-state index >= 15 is 0 Å². The number of aromatic nitrogens is 3. The standard InChI is InChI=1S/C19H23F2N5O2/c20-19(21)28-14-4-5-15-12(10-14)2-1-3-16(15)23-18(27)17-11-26(25-24-17)13-6-8-22-9-7-13/h4-5,10-11,13,16,19,22H,1-3,6-9H2,(H,23,27). The lowest BCUT2D eigenvalue weighted by molar-refractivity contribution is -0.0499. The fourth-order valence-electron chi connectivity index (χ4n) is 3.98. The zero-order valence-corrected chi connectivity index (χ0v) is 15.4. The van der Waals surface area contributed by atoms with Crippen LogP contribution in [-0.2, 0) is 6.42 Å². The second kappa shape index (κ2) is 8.22. The minimum absolute atomic E-state index is 0.144. The fraction of sp³-hybridized carbons (Fsp3) is 0.526. The number of amides is 1. The van der Waals surface area contributed by atoms with E-state index in [0.29, 0.717) is 5.69 Å². The summed E-state index contributed by atoms with van der Waals surface area (Å²) in [6.07, 6.45) is 6.05. The van der Waals surface area contributed by atoms with Crippen LogP contribution in [0.15, 0.2) is 24.4 Å². The van der Waals surface area contributed by atoms with Crippen molar-refractivity contribution in [3.05, 3.63) is 41.2 Å². The molecule has 4 rings (SSSR count). The zero-order valence-electron chi connectivity index (χ0n) is 15.4. The van der Waals surface area contributed by atoms with Crippen LogP contribution in [0.25, 0.3) is 0 Å². The Labute approximate surface area is 161 Å². The van der Waals surface area contributed by atoms with Crippen molar-refractivity contribution in [3.63, 3.8) is 0 Å². The molecule has 0 bridgehead atoms. The van der Waals surface area contributed by atoms with E-state index in [1.807, 2.05) is 0 Å². The molecule has 1 aliphatic heterocycles. The number of piperidine rings is 1. The summed E-state index contributed by atoms with van der Waals surface area (Å²) in [5, 5.41) is 14.5. The Morgan fingerprint density at radius 1 is 1.29 bits per heavy atom. The van der Waals surface area contributed by atoms with Gasteiger partial charge < -0.3 is 15.4 Å². The Morgan fingerprint density at radius 3 is 2.89 bits per heavy atom. The Hall–Kier alpha value is -2.55. The number of carbonyl (C=O) groups excluding carboxylic acids is 1. The van der Waals surface area contributed by atoms with Gasteiger partial charge in [0.15, 0.2) is 5.69 Å². The highest BCUT2D eigenvalue weighted by Crippen LogP contribution is 2.32. The molecule has 2 heterocycles. The van der Waals surface area contributed by atoms with Crippen molar-refractivity contribution in [1.82, 2.24) is 25.6 Å². The van der Waals surface area contributed by atoms with Gasteiger partial charge in [-0.3, -0.25) is 4.79 Å². The van der Waals surface area contributed by atoms with Crippen LogP contribution in [0, 0.1) is 0 Å². The van der Waals surface area contributed by atoms with Crippen LogP contribution in [0.1, 0.15) is 59.4 Å². The van der Waals surface area contributed by atoms with Gasteiger partial charge in [0, 0.05) is 0 Å². The van der Waals surface area contributed by atoms with Crippen molar-refractivity contribution in [2.75, 3.05) is 13.1 Å². The molecule has 1 saturated heterocycles. The minimum Gasteiger partial charge on any atom is -0.435 e. The maximum atomic E-state index is 12.7. The monoisotopic (exact) mass is 391 g/mol. The molecular formula is C19H23F2N5O2. The lowest BCUT2D eigenvalue weighted by Crippen LogP contribution is -2.31. The van der Waals surface area contributed by atoms with Crippen LogP contribution < -0.4 is 15.4 Å². The normalized spacial score (nSPS) is 20.0. The third kappa shape index (κ3) is 4.14. The molecule has 1 atom stereocenters. The molecule has 2 aromatic rings. The van der Waals surface area contributed by atoms with Gasteiger partial charge in [-0.15, -0.1) is 5.10 Å². The number of hydrogen-bond donors (Lipinski definition) is 2. The molecule has 7 nitrogen and oxygen atoms in total. The van der Waals surface area contributed by atoms with Crippen LogP contribution in [0.2, 0.25) is 0 Å². The van der Waals surface area contributed by atoms with Crippen molar-refractivity contribution < 1.29 is 18.3 Å². The maximum absolute atomic E-state index is 12.7. The summed E-state index contributed by atoms with van der Waals surface area (Å²) < 4.78 is 31.1. The summed E-state index contributed by atoms with van der Waals surface area (Å²) in [5.74, 6) is -0.128. The molecule has 1 aromatic heterocycles. The summed E-state index contributed by atoms with van der Waals surface area (Å²) >= 11 is 0. The molecule has 1 aromatic carbocycles. The first-order valence-corrected chi connectivity index (χ1v) is 9.61. The lowest BCUT2D eigenvalue weighted by Gasteiger charge is -2.26. The van der Waals surface area contributed by atoms with Gasteiger partial charge in [0.1, 0.15) is 5.75 Å². The predicted molar refractivity (Wildman–Crippen MR) is 97.4 cm³/mol. The number of halogens is 2. The number of rotatable bonds is 5. The van der Waals surface area contributed by atoms with Crippen molar-refractivity contribution >= 4 is 5.91 Å². The number of nitrogens with one attached hydrogen (secondary N) is 2. The first kappa shape index (κ1) is 18.8. The third-order valence-corrected chi connectivity index (χ3v) is 5.38. The first-order chi connectivity index (χ1) is 13.6. The lowest BCUT2D eigenvalue weighted by atomic mass is 9.87. The third-order valence-electron chi connectivity index (χ3n) is 5.38. The summed E-state index contributed by atoms with van der Waals surface area (Å²) in [7, 11) is 0. The maximum Gasteiger partial charge on any atom is 0.387 e. The van der Waals surface area contributed by atoms with Crippen LogP contribution in [0.4, 0.5) is 8.78 Å². The number of carbonyl (C=O) groups is 1. The molecule has 28 heavy (non-hydrogen) atoms. The molecule has 1 aliphatic carbocycles. The SMILES string of the molecule is O=C(NC1CCCc2cc(OC(F)F)ccc21)c1cn(C2CCNCC2)nn1. The van der Waals surface area contributed by atoms with Gasteiger partial charge in [-0.1, -0.05) is 11.3 Å². The molecule has 1 unspecified atom stereocenters. The average molecular weight is 391 g/mol. The Morgan fingerprint density at radius 2 is 2.11 bits per heavy atom. The van der Waals surface area contributed by atoms with Crippen molar-refractivity contribution in [1.29, 1.82) is 0 Å². The topological polar surface area (TPSA) is 81.1 Å². The molecule has 1 fully saturated rings. The number of hydrogen-bond acceptors (Lipinski definition) is 5. The quantitative estimate of drug-likeness (QED) is 0.819. The molecule has 0 radical (unpaired) electrons. The highest BCUT2D eigenvalue weighted by molar-refractivity contribution is 5.92. The van der Waals surface area contributed by atoms with Crippen LogP contribution >= 0.6 is 0 Å². The van der Waals surface area contributed by atoms with Crippen molar-refractivity contribution in [2.45, 2.75) is 50.8 Å². The highest BCUT2D eigenvalue weighted by Gasteiger charge is 2.25. The van der Waals surface area contributed by atoms with Gasteiger partial charge >= 0.3 is 6.61 Å². The van der Waals surface area contributed by atoms with Gasteiger partial charge in [-0.25, -0.2) is 4.68 Å². The fourth-order valence-corrected chi connectivity index (χ4v) is 3.98. The minimum atomic E-state index is -2.85. The summed E-state index contributed by atoms with van der Waals surface area (Å²) in [6, 6.07) is 4.99. The van der Waals surface area contributed by atoms with Gasteiger partial charge in [0.05, 0.1) is 18.3 Å².